The quantitative estimate of drug-likeness (QED) is 0.720. The average molecular weight is 314 g/mol. The van der Waals surface area contributed by atoms with Gasteiger partial charge in [-0.05, 0) is 24.3 Å². The van der Waals surface area contributed by atoms with Gasteiger partial charge in [-0.3, -0.25) is 4.79 Å². The smallest absolute Gasteiger partial charge is 0.197 e. The van der Waals surface area contributed by atoms with E-state index in [4.69, 9.17) is 13.9 Å². The van der Waals surface area contributed by atoms with Crippen LogP contribution < -0.4 is 10.2 Å². The zero-order valence-corrected chi connectivity index (χ0v) is 12.3. The summed E-state index contributed by atoms with van der Waals surface area (Å²) < 4.78 is 15.7. The maximum Gasteiger partial charge on any atom is 0.197 e. The number of benzene rings is 2. The summed E-state index contributed by atoms with van der Waals surface area (Å²) in [6.45, 7) is 0.142. The lowest BCUT2D eigenvalue weighted by Gasteiger charge is -2.07. The highest BCUT2D eigenvalue weighted by atomic mass is 16.7. The largest absolute Gasteiger partial charge is 0.508 e. The summed E-state index contributed by atoms with van der Waals surface area (Å²) in [5.41, 5.74) is 0.389. The summed E-state index contributed by atoms with van der Waals surface area (Å²) in [6.07, 6.45) is 0. The maximum absolute atomic E-state index is 12.2. The molecular weight excluding hydrogens is 300 g/mol. The van der Waals surface area contributed by atoms with E-state index in [2.05, 4.69) is 0 Å². The molecule has 0 aliphatic rings. The molecule has 0 radical (unpaired) electrons. The van der Waals surface area contributed by atoms with Crippen molar-refractivity contribution in [3.63, 3.8) is 0 Å². The van der Waals surface area contributed by atoms with E-state index in [9.17, 15) is 15.0 Å². The first kappa shape index (κ1) is 14.9. The van der Waals surface area contributed by atoms with Gasteiger partial charge in [0.2, 0.25) is 0 Å². The fourth-order valence-corrected chi connectivity index (χ4v) is 2.24. The second-order valence-corrected chi connectivity index (χ2v) is 4.89. The monoisotopic (exact) mass is 314 g/mol. The molecule has 118 valence electrons. The molecule has 2 N–H and O–H groups in total. The number of aromatic hydroxyl groups is 2. The van der Waals surface area contributed by atoms with Crippen LogP contribution in [-0.4, -0.2) is 24.1 Å². The molecule has 23 heavy (non-hydrogen) atoms. The average Bonchev–Trinajstić information content (AvgIpc) is 2.52. The minimum absolute atomic E-state index is 0.0339. The molecular formula is C17H14O6. The molecule has 0 aliphatic carbocycles. The third-order valence-corrected chi connectivity index (χ3v) is 3.28. The number of methoxy groups -OCH3 is 1. The van der Waals surface area contributed by atoms with Gasteiger partial charge in [0.1, 0.15) is 34.0 Å². The molecule has 2 aromatic carbocycles. The van der Waals surface area contributed by atoms with Gasteiger partial charge in [0, 0.05) is 30.9 Å². The highest BCUT2D eigenvalue weighted by molar-refractivity contribution is 5.85. The van der Waals surface area contributed by atoms with E-state index >= 15 is 0 Å². The van der Waals surface area contributed by atoms with Gasteiger partial charge in [-0.25, -0.2) is 0 Å². The first-order valence-electron chi connectivity index (χ1n) is 6.80. The van der Waals surface area contributed by atoms with Gasteiger partial charge in [0.25, 0.3) is 0 Å². The lowest BCUT2D eigenvalue weighted by Crippen LogP contribution is -2.01. The SMILES string of the molecule is COCOc1ccc(-c2cc(=O)c3c(O)cc(O)cc3o2)cc1. The first-order chi connectivity index (χ1) is 11.1. The maximum atomic E-state index is 12.2. The second-order valence-electron chi connectivity index (χ2n) is 4.89. The minimum Gasteiger partial charge on any atom is -0.508 e. The fraction of sp³-hybridized carbons (Fsp3) is 0.118. The molecule has 6 heteroatoms. The van der Waals surface area contributed by atoms with Crippen LogP contribution in [0, 0.1) is 0 Å². The number of ether oxygens (including phenoxy) is 2. The number of fused-ring (bicyclic) bond motifs is 1. The van der Waals surface area contributed by atoms with Gasteiger partial charge in [0.05, 0.1) is 0 Å². The van der Waals surface area contributed by atoms with Gasteiger partial charge < -0.3 is 24.1 Å². The Morgan fingerprint density at radius 1 is 1.09 bits per heavy atom. The fourth-order valence-electron chi connectivity index (χ4n) is 2.24. The lowest BCUT2D eigenvalue weighted by atomic mass is 10.1. The molecule has 3 aromatic rings. The summed E-state index contributed by atoms with van der Waals surface area (Å²) in [4.78, 5) is 12.2. The number of hydrogen-bond donors (Lipinski definition) is 2. The summed E-state index contributed by atoms with van der Waals surface area (Å²) in [6, 6.07) is 10.6. The Kier molecular flexibility index (Phi) is 3.91. The van der Waals surface area contributed by atoms with Crippen molar-refractivity contribution in [3.05, 3.63) is 52.7 Å². The van der Waals surface area contributed by atoms with E-state index in [-0.39, 0.29) is 29.3 Å². The molecule has 0 spiro atoms. The Morgan fingerprint density at radius 3 is 2.52 bits per heavy atom. The zero-order valence-electron chi connectivity index (χ0n) is 12.3. The van der Waals surface area contributed by atoms with Crippen LogP contribution in [0.3, 0.4) is 0 Å². The van der Waals surface area contributed by atoms with Crippen molar-refractivity contribution in [1.82, 2.24) is 0 Å². The molecule has 0 fully saturated rings. The van der Waals surface area contributed by atoms with Crippen molar-refractivity contribution in [3.8, 4) is 28.6 Å². The topological polar surface area (TPSA) is 89.1 Å². The van der Waals surface area contributed by atoms with Crippen molar-refractivity contribution in [2.75, 3.05) is 13.9 Å². The third kappa shape index (κ3) is 2.97. The molecule has 0 saturated carbocycles. The third-order valence-electron chi connectivity index (χ3n) is 3.28. The van der Waals surface area contributed by atoms with Crippen LogP contribution in [0.2, 0.25) is 0 Å². The van der Waals surface area contributed by atoms with Crippen molar-refractivity contribution in [2.45, 2.75) is 0 Å². The highest BCUT2D eigenvalue weighted by Gasteiger charge is 2.12. The molecule has 0 saturated heterocycles. The Labute approximate surface area is 131 Å². The summed E-state index contributed by atoms with van der Waals surface area (Å²) >= 11 is 0. The lowest BCUT2D eigenvalue weighted by molar-refractivity contribution is 0.0511. The molecule has 1 heterocycles. The molecule has 0 bridgehead atoms. The molecule has 6 nitrogen and oxygen atoms in total. The van der Waals surface area contributed by atoms with Crippen LogP contribution in [0.1, 0.15) is 0 Å². The van der Waals surface area contributed by atoms with E-state index in [0.29, 0.717) is 17.1 Å². The molecule has 3 rings (SSSR count). The highest BCUT2D eigenvalue weighted by Crippen LogP contribution is 2.30. The van der Waals surface area contributed by atoms with Gasteiger partial charge in [0.15, 0.2) is 12.2 Å². The van der Waals surface area contributed by atoms with E-state index in [0.717, 1.165) is 6.07 Å². The van der Waals surface area contributed by atoms with E-state index in [1.807, 2.05) is 0 Å². The standard InChI is InChI=1S/C17H14O6/c1-21-9-22-12-4-2-10(3-5-12)15-8-14(20)17-13(19)6-11(18)7-16(17)23-15/h2-8,18-19H,9H2,1H3. The van der Waals surface area contributed by atoms with Crippen LogP contribution in [0.5, 0.6) is 17.2 Å². The van der Waals surface area contributed by atoms with Gasteiger partial charge in [-0.15, -0.1) is 0 Å². The molecule has 0 unspecified atom stereocenters. The predicted molar refractivity (Wildman–Crippen MR) is 83.8 cm³/mol. The number of phenolic OH excluding ortho intramolecular Hbond substituents is 2. The van der Waals surface area contributed by atoms with Crippen LogP contribution >= 0.6 is 0 Å². The normalized spacial score (nSPS) is 10.8. The van der Waals surface area contributed by atoms with Crippen molar-refractivity contribution in [1.29, 1.82) is 0 Å². The number of hydrogen-bond acceptors (Lipinski definition) is 6. The summed E-state index contributed by atoms with van der Waals surface area (Å²) in [5, 5.41) is 19.3. The van der Waals surface area contributed by atoms with Crippen LogP contribution in [0.4, 0.5) is 0 Å². The molecule has 1 aromatic heterocycles. The minimum atomic E-state index is -0.390. The van der Waals surface area contributed by atoms with Crippen LogP contribution in [0.25, 0.3) is 22.3 Å². The van der Waals surface area contributed by atoms with Crippen LogP contribution in [0.15, 0.2) is 51.7 Å². The van der Waals surface area contributed by atoms with Gasteiger partial charge in [-0.1, -0.05) is 0 Å². The Balaban J connectivity index is 2.05. The Bertz CT molecular complexity index is 895. The van der Waals surface area contributed by atoms with E-state index in [1.54, 1.807) is 24.3 Å². The van der Waals surface area contributed by atoms with Crippen LogP contribution in [-0.2, 0) is 4.74 Å². The van der Waals surface area contributed by atoms with E-state index in [1.165, 1.54) is 19.2 Å². The van der Waals surface area contributed by atoms with Crippen molar-refractivity contribution in [2.24, 2.45) is 0 Å². The number of phenols is 2. The Hall–Kier alpha value is -2.99. The number of rotatable bonds is 4. The molecule has 0 aliphatic heterocycles. The van der Waals surface area contributed by atoms with Gasteiger partial charge in [-0.2, -0.15) is 0 Å². The molecule has 0 amide bonds. The zero-order chi connectivity index (χ0) is 16.4. The van der Waals surface area contributed by atoms with Gasteiger partial charge >= 0.3 is 0 Å². The summed E-state index contributed by atoms with van der Waals surface area (Å²) in [7, 11) is 1.53. The first-order valence-corrected chi connectivity index (χ1v) is 6.80. The Morgan fingerprint density at radius 2 is 1.83 bits per heavy atom. The van der Waals surface area contributed by atoms with Crippen molar-refractivity contribution >= 4 is 11.0 Å². The summed E-state index contributed by atoms with van der Waals surface area (Å²) in [5.74, 6) is 0.446. The van der Waals surface area contributed by atoms with Crippen molar-refractivity contribution < 1.29 is 24.1 Å². The molecule has 0 atom stereocenters. The predicted octanol–water partition coefficient (Wildman–Crippen LogP) is 2.85. The van der Waals surface area contributed by atoms with E-state index < -0.39 is 5.43 Å². The second kappa shape index (κ2) is 6.02.